The van der Waals surface area contributed by atoms with Crippen LogP contribution in [0.15, 0.2) is 71.9 Å². The third-order valence-corrected chi connectivity index (χ3v) is 5.92. The predicted octanol–water partition coefficient (Wildman–Crippen LogP) is 4.17. The van der Waals surface area contributed by atoms with E-state index in [0.29, 0.717) is 22.9 Å². The summed E-state index contributed by atoms with van der Waals surface area (Å²) in [6.45, 7) is 2.12. The van der Waals surface area contributed by atoms with E-state index in [1.54, 1.807) is 43.6 Å². The summed E-state index contributed by atoms with van der Waals surface area (Å²) in [5, 5.41) is 5.70. The number of benzene rings is 2. The fourth-order valence-corrected chi connectivity index (χ4v) is 3.81. The Morgan fingerprint density at radius 3 is 2.52 bits per heavy atom. The minimum Gasteiger partial charge on any atom is -0.334 e. The molecule has 0 aliphatic heterocycles. The van der Waals surface area contributed by atoms with Crippen LogP contribution in [0.25, 0.3) is 0 Å². The Labute approximate surface area is 174 Å². The molecule has 1 heterocycles. The first kappa shape index (κ1) is 20.6. The molecule has 0 saturated carbocycles. The van der Waals surface area contributed by atoms with Gasteiger partial charge in [-0.1, -0.05) is 29.8 Å². The molecule has 3 aromatic rings. The zero-order chi connectivity index (χ0) is 20.9. The standard InChI is InChI=1S/C20H19ClN4O3S/c1-14-4-2-6-18(19(14)21)25-29(27,28)17-9-7-16(8-10-17)24-20(26)23-13-15-5-3-11-22-12-15/h2-12,25H,13H2,1H3,(H2,23,24,26). The summed E-state index contributed by atoms with van der Waals surface area (Å²) in [6.07, 6.45) is 3.31. The molecule has 0 fully saturated rings. The third kappa shape index (κ3) is 5.46. The van der Waals surface area contributed by atoms with Gasteiger partial charge in [-0.15, -0.1) is 0 Å². The molecule has 0 saturated heterocycles. The zero-order valence-corrected chi connectivity index (χ0v) is 17.1. The van der Waals surface area contributed by atoms with Crippen LogP contribution in [-0.2, 0) is 16.6 Å². The smallest absolute Gasteiger partial charge is 0.319 e. The molecule has 7 nitrogen and oxygen atoms in total. The van der Waals surface area contributed by atoms with Crippen LogP contribution in [0.5, 0.6) is 0 Å². The molecule has 2 amide bonds. The number of aromatic nitrogens is 1. The second-order valence-corrected chi connectivity index (χ2v) is 8.30. The number of carbonyl (C=O) groups is 1. The first-order valence-corrected chi connectivity index (χ1v) is 10.5. The Balaban J connectivity index is 1.63. The summed E-state index contributed by atoms with van der Waals surface area (Å²) in [5.74, 6) is 0. The number of amides is 2. The number of aryl methyl sites for hydroxylation is 1. The van der Waals surface area contributed by atoms with Crippen molar-refractivity contribution in [3.63, 3.8) is 0 Å². The largest absolute Gasteiger partial charge is 0.334 e. The molecule has 0 radical (unpaired) electrons. The summed E-state index contributed by atoms with van der Waals surface area (Å²) in [5.41, 5.74) is 2.40. The molecule has 0 aliphatic carbocycles. The van der Waals surface area contributed by atoms with E-state index in [1.807, 2.05) is 6.07 Å². The minimum atomic E-state index is -3.81. The molecule has 9 heteroatoms. The van der Waals surface area contributed by atoms with Crippen molar-refractivity contribution in [2.24, 2.45) is 0 Å². The summed E-state index contributed by atoms with van der Waals surface area (Å²) >= 11 is 6.16. The van der Waals surface area contributed by atoms with E-state index in [2.05, 4.69) is 20.3 Å². The van der Waals surface area contributed by atoms with Gasteiger partial charge in [0.15, 0.2) is 0 Å². The molecule has 3 rings (SSSR count). The molecule has 0 atom stereocenters. The minimum absolute atomic E-state index is 0.0522. The van der Waals surface area contributed by atoms with Gasteiger partial charge in [-0.05, 0) is 54.4 Å². The maximum absolute atomic E-state index is 12.6. The van der Waals surface area contributed by atoms with Crippen molar-refractivity contribution < 1.29 is 13.2 Å². The van der Waals surface area contributed by atoms with Gasteiger partial charge >= 0.3 is 6.03 Å². The molecular formula is C20H19ClN4O3S. The number of nitrogens with one attached hydrogen (secondary N) is 3. The number of halogens is 1. The lowest BCUT2D eigenvalue weighted by Gasteiger charge is -2.12. The quantitative estimate of drug-likeness (QED) is 0.546. The van der Waals surface area contributed by atoms with Gasteiger partial charge in [0.2, 0.25) is 0 Å². The lowest BCUT2D eigenvalue weighted by molar-refractivity contribution is 0.251. The van der Waals surface area contributed by atoms with Crippen molar-refractivity contribution >= 4 is 39.0 Å². The molecule has 0 bridgehead atoms. The van der Waals surface area contributed by atoms with Gasteiger partial charge in [0.05, 0.1) is 15.6 Å². The van der Waals surface area contributed by atoms with E-state index in [9.17, 15) is 13.2 Å². The van der Waals surface area contributed by atoms with Gasteiger partial charge in [-0.25, -0.2) is 13.2 Å². The van der Waals surface area contributed by atoms with Crippen LogP contribution >= 0.6 is 11.6 Å². The predicted molar refractivity (Wildman–Crippen MR) is 114 cm³/mol. The molecule has 2 aromatic carbocycles. The molecule has 0 unspecified atom stereocenters. The monoisotopic (exact) mass is 430 g/mol. The van der Waals surface area contributed by atoms with Gasteiger partial charge in [-0.3, -0.25) is 9.71 Å². The first-order valence-electron chi connectivity index (χ1n) is 8.67. The normalized spacial score (nSPS) is 11.0. The highest BCUT2D eigenvalue weighted by molar-refractivity contribution is 7.92. The number of rotatable bonds is 6. The Hall–Kier alpha value is -3.10. The van der Waals surface area contributed by atoms with E-state index in [0.717, 1.165) is 11.1 Å². The molecule has 3 N–H and O–H groups in total. The second kappa shape index (κ2) is 8.93. The number of sulfonamides is 1. The van der Waals surface area contributed by atoms with Crippen molar-refractivity contribution in [1.29, 1.82) is 0 Å². The number of pyridine rings is 1. The van der Waals surface area contributed by atoms with Crippen molar-refractivity contribution in [1.82, 2.24) is 10.3 Å². The van der Waals surface area contributed by atoms with Crippen LogP contribution in [-0.4, -0.2) is 19.4 Å². The average molecular weight is 431 g/mol. The molecular weight excluding hydrogens is 412 g/mol. The number of hydrogen-bond donors (Lipinski definition) is 3. The lowest BCUT2D eigenvalue weighted by Crippen LogP contribution is -2.28. The van der Waals surface area contributed by atoms with E-state index < -0.39 is 16.1 Å². The molecule has 0 aliphatic rings. The number of anilines is 2. The SMILES string of the molecule is Cc1cccc(NS(=O)(=O)c2ccc(NC(=O)NCc3cccnc3)cc2)c1Cl. The van der Waals surface area contributed by atoms with E-state index in [-0.39, 0.29) is 4.90 Å². The Bertz CT molecular complexity index is 1100. The Morgan fingerprint density at radius 1 is 1.07 bits per heavy atom. The van der Waals surface area contributed by atoms with Gasteiger partial charge in [0.1, 0.15) is 0 Å². The van der Waals surface area contributed by atoms with Crippen LogP contribution in [0.1, 0.15) is 11.1 Å². The summed E-state index contributed by atoms with van der Waals surface area (Å²) in [7, 11) is -3.81. The number of carbonyl (C=O) groups excluding carboxylic acids is 1. The van der Waals surface area contributed by atoms with Crippen molar-refractivity contribution in [2.45, 2.75) is 18.4 Å². The summed E-state index contributed by atoms with van der Waals surface area (Å²) in [6, 6.07) is 14.2. The van der Waals surface area contributed by atoms with Gasteiger partial charge in [-0.2, -0.15) is 0 Å². The van der Waals surface area contributed by atoms with Gasteiger partial charge in [0, 0.05) is 24.6 Å². The highest BCUT2D eigenvalue weighted by Crippen LogP contribution is 2.27. The van der Waals surface area contributed by atoms with Crippen LogP contribution in [0.3, 0.4) is 0 Å². The van der Waals surface area contributed by atoms with Crippen LogP contribution < -0.4 is 15.4 Å². The molecule has 150 valence electrons. The fourth-order valence-electron chi connectivity index (χ4n) is 2.51. The highest BCUT2D eigenvalue weighted by atomic mass is 35.5. The van der Waals surface area contributed by atoms with Crippen LogP contribution in [0.4, 0.5) is 16.2 Å². The van der Waals surface area contributed by atoms with Gasteiger partial charge < -0.3 is 10.6 Å². The van der Waals surface area contributed by atoms with Crippen molar-refractivity contribution in [3.8, 4) is 0 Å². The summed E-state index contributed by atoms with van der Waals surface area (Å²) < 4.78 is 27.6. The highest BCUT2D eigenvalue weighted by Gasteiger charge is 2.16. The van der Waals surface area contributed by atoms with Crippen molar-refractivity contribution in [3.05, 3.63) is 83.1 Å². The molecule has 0 spiro atoms. The lowest BCUT2D eigenvalue weighted by atomic mass is 10.2. The molecule has 29 heavy (non-hydrogen) atoms. The average Bonchev–Trinajstić information content (AvgIpc) is 2.71. The number of urea groups is 1. The summed E-state index contributed by atoms with van der Waals surface area (Å²) in [4.78, 5) is 16.0. The maximum atomic E-state index is 12.6. The zero-order valence-electron chi connectivity index (χ0n) is 15.5. The first-order chi connectivity index (χ1) is 13.8. The fraction of sp³-hybridized carbons (Fsp3) is 0.100. The third-order valence-electron chi connectivity index (χ3n) is 4.03. The molecule has 1 aromatic heterocycles. The van der Waals surface area contributed by atoms with E-state index in [4.69, 9.17) is 11.6 Å². The van der Waals surface area contributed by atoms with E-state index >= 15 is 0 Å². The maximum Gasteiger partial charge on any atom is 0.319 e. The Morgan fingerprint density at radius 2 is 1.83 bits per heavy atom. The van der Waals surface area contributed by atoms with Gasteiger partial charge in [0.25, 0.3) is 10.0 Å². The van der Waals surface area contributed by atoms with Crippen LogP contribution in [0.2, 0.25) is 5.02 Å². The second-order valence-electron chi connectivity index (χ2n) is 6.24. The Kier molecular flexibility index (Phi) is 6.36. The van der Waals surface area contributed by atoms with Crippen LogP contribution in [0, 0.1) is 6.92 Å². The topological polar surface area (TPSA) is 100 Å². The number of hydrogen-bond acceptors (Lipinski definition) is 4. The van der Waals surface area contributed by atoms with E-state index in [1.165, 1.54) is 24.3 Å². The number of nitrogens with zero attached hydrogens (tertiary/aromatic N) is 1. The van der Waals surface area contributed by atoms with Crippen molar-refractivity contribution in [2.75, 3.05) is 10.0 Å².